The van der Waals surface area contributed by atoms with Crippen LogP contribution < -0.4 is 0 Å². The summed E-state index contributed by atoms with van der Waals surface area (Å²) in [6.45, 7) is 0. The lowest BCUT2D eigenvalue weighted by molar-refractivity contribution is 0.164. The normalized spacial score (nSPS) is 12.4. The molecule has 2 nitrogen and oxygen atoms in total. The number of nitrogens with zero attached hydrogens (tertiary/aromatic N) is 1. The van der Waals surface area contributed by atoms with Gasteiger partial charge in [0.05, 0.1) is 11.1 Å². The molecule has 0 saturated heterocycles. The average Bonchev–Trinajstić information content (AvgIpc) is 2.43. The minimum atomic E-state index is -0.590. The van der Waals surface area contributed by atoms with Crippen LogP contribution in [0, 0.1) is 5.82 Å². The summed E-state index contributed by atoms with van der Waals surface area (Å²) in [5.41, 5.74) is 1.51. The summed E-state index contributed by atoms with van der Waals surface area (Å²) in [6, 6.07) is 8.66. The number of halogens is 2. The Morgan fingerprint density at radius 3 is 2.84 bits per heavy atom. The van der Waals surface area contributed by atoms with E-state index >= 15 is 0 Å². The summed E-state index contributed by atoms with van der Waals surface area (Å²) in [5.74, 6) is -0.440. The summed E-state index contributed by atoms with van der Waals surface area (Å²) in [7, 11) is 0. The third kappa shape index (κ3) is 4.01. The molecule has 1 aromatic carbocycles. The quantitative estimate of drug-likeness (QED) is 0.910. The zero-order valence-electron chi connectivity index (χ0n) is 10.4. The minimum absolute atomic E-state index is 0.0944. The molecule has 0 bridgehead atoms. The maximum absolute atomic E-state index is 13.7. The highest BCUT2D eigenvalue weighted by Gasteiger charge is 2.11. The van der Waals surface area contributed by atoms with Gasteiger partial charge in [0.25, 0.3) is 0 Å². The number of hydrogen-bond donors (Lipinski definition) is 1. The Hall–Kier alpha value is -1.45. The van der Waals surface area contributed by atoms with E-state index in [1.54, 1.807) is 24.5 Å². The summed E-state index contributed by atoms with van der Waals surface area (Å²) >= 11 is 5.71. The molecule has 0 aliphatic rings. The molecule has 4 heteroatoms. The lowest BCUT2D eigenvalue weighted by Crippen LogP contribution is -2.13. The van der Waals surface area contributed by atoms with Crippen LogP contribution in [0.2, 0.25) is 5.02 Å². The Labute approximate surface area is 116 Å². The maximum Gasteiger partial charge on any atom is 0.145 e. The van der Waals surface area contributed by atoms with E-state index in [0.29, 0.717) is 12.0 Å². The van der Waals surface area contributed by atoms with Gasteiger partial charge in [0.2, 0.25) is 0 Å². The lowest BCUT2D eigenvalue weighted by Gasteiger charge is -2.11. The van der Waals surface area contributed by atoms with Crippen molar-refractivity contribution in [1.29, 1.82) is 0 Å². The molecule has 1 heterocycles. The summed E-state index contributed by atoms with van der Waals surface area (Å²) < 4.78 is 13.7. The number of benzene rings is 1. The zero-order valence-corrected chi connectivity index (χ0v) is 11.1. The number of aliphatic hydroxyl groups excluding tert-OH is 1. The van der Waals surface area contributed by atoms with Crippen molar-refractivity contribution in [3.8, 4) is 0 Å². The van der Waals surface area contributed by atoms with Gasteiger partial charge in [-0.1, -0.05) is 29.8 Å². The lowest BCUT2D eigenvalue weighted by atomic mass is 10.0. The molecular formula is C15H15ClFNO. The fourth-order valence-corrected chi connectivity index (χ4v) is 2.14. The number of aliphatic hydroxyl groups is 1. The van der Waals surface area contributed by atoms with E-state index in [2.05, 4.69) is 4.98 Å². The van der Waals surface area contributed by atoms with Gasteiger partial charge in [0, 0.05) is 18.8 Å². The van der Waals surface area contributed by atoms with E-state index in [9.17, 15) is 9.50 Å². The zero-order chi connectivity index (χ0) is 13.7. The van der Waals surface area contributed by atoms with E-state index in [1.807, 2.05) is 12.1 Å². The fourth-order valence-electron chi connectivity index (χ4n) is 1.94. The molecule has 0 spiro atoms. The molecule has 0 fully saturated rings. The largest absolute Gasteiger partial charge is 0.393 e. The van der Waals surface area contributed by atoms with Gasteiger partial charge >= 0.3 is 0 Å². The molecule has 2 aromatic rings. The number of aromatic nitrogens is 1. The van der Waals surface area contributed by atoms with Gasteiger partial charge in [-0.3, -0.25) is 4.98 Å². The predicted molar refractivity (Wildman–Crippen MR) is 73.7 cm³/mol. The molecule has 1 atom stereocenters. The highest BCUT2D eigenvalue weighted by atomic mass is 35.5. The van der Waals surface area contributed by atoms with Crippen molar-refractivity contribution in [3.05, 3.63) is 64.7 Å². The molecule has 0 aliphatic heterocycles. The van der Waals surface area contributed by atoms with Gasteiger partial charge < -0.3 is 5.11 Å². The second-order valence-corrected chi connectivity index (χ2v) is 4.88. The maximum atomic E-state index is 13.7. The Kier molecular flexibility index (Phi) is 4.88. The number of pyridine rings is 1. The van der Waals surface area contributed by atoms with E-state index in [0.717, 1.165) is 12.0 Å². The van der Waals surface area contributed by atoms with Crippen LogP contribution in [0.15, 0.2) is 42.7 Å². The second-order valence-electron chi connectivity index (χ2n) is 4.47. The standard InChI is InChI=1S/C15H15ClFNO/c16-14-5-1-4-12(15(14)17)9-13(19)7-6-11-3-2-8-18-10-11/h1-5,8,10,13,19H,6-7,9H2. The highest BCUT2D eigenvalue weighted by Crippen LogP contribution is 2.20. The van der Waals surface area contributed by atoms with Crippen LogP contribution in [-0.2, 0) is 12.8 Å². The van der Waals surface area contributed by atoms with E-state index in [1.165, 1.54) is 6.07 Å². The van der Waals surface area contributed by atoms with Crippen LogP contribution in [0.5, 0.6) is 0 Å². The van der Waals surface area contributed by atoms with Crippen LogP contribution in [0.4, 0.5) is 4.39 Å². The van der Waals surface area contributed by atoms with Crippen molar-refractivity contribution in [2.24, 2.45) is 0 Å². The van der Waals surface area contributed by atoms with Gasteiger partial charge in [0.1, 0.15) is 5.82 Å². The van der Waals surface area contributed by atoms with Crippen LogP contribution in [0.25, 0.3) is 0 Å². The fraction of sp³-hybridized carbons (Fsp3) is 0.267. The predicted octanol–water partition coefficient (Wildman–Crippen LogP) is 3.41. The number of aryl methyl sites for hydroxylation is 1. The van der Waals surface area contributed by atoms with E-state index in [-0.39, 0.29) is 11.4 Å². The summed E-state index contributed by atoms with van der Waals surface area (Å²) in [4.78, 5) is 4.01. The molecule has 1 unspecified atom stereocenters. The molecule has 0 aliphatic carbocycles. The molecule has 100 valence electrons. The first-order valence-corrected chi connectivity index (χ1v) is 6.54. The Morgan fingerprint density at radius 1 is 1.26 bits per heavy atom. The third-order valence-electron chi connectivity index (χ3n) is 2.98. The Balaban J connectivity index is 1.91. The van der Waals surface area contributed by atoms with Crippen molar-refractivity contribution in [2.45, 2.75) is 25.4 Å². The molecule has 0 amide bonds. The van der Waals surface area contributed by atoms with Gasteiger partial charge in [-0.15, -0.1) is 0 Å². The van der Waals surface area contributed by atoms with Crippen LogP contribution >= 0.6 is 11.6 Å². The van der Waals surface area contributed by atoms with Crippen molar-refractivity contribution >= 4 is 11.6 Å². The first kappa shape index (κ1) is 14.0. The molecule has 1 aromatic heterocycles. The number of hydrogen-bond acceptors (Lipinski definition) is 2. The molecule has 0 saturated carbocycles. The SMILES string of the molecule is OC(CCc1cccnc1)Cc1cccc(Cl)c1F. The minimum Gasteiger partial charge on any atom is -0.393 e. The average molecular weight is 280 g/mol. The second kappa shape index (κ2) is 6.64. The van der Waals surface area contributed by atoms with Crippen LogP contribution in [0.3, 0.4) is 0 Å². The van der Waals surface area contributed by atoms with Gasteiger partial charge in [-0.2, -0.15) is 0 Å². The Morgan fingerprint density at radius 2 is 2.11 bits per heavy atom. The van der Waals surface area contributed by atoms with Crippen LogP contribution in [-0.4, -0.2) is 16.2 Å². The molecular weight excluding hydrogens is 265 g/mol. The smallest absolute Gasteiger partial charge is 0.145 e. The molecule has 0 radical (unpaired) electrons. The Bertz CT molecular complexity index is 533. The van der Waals surface area contributed by atoms with Crippen molar-refractivity contribution in [1.82, 2.24) is 4.98 Å². The molecule has 1 N–H and O–H groups in total. The summed E-state index contributed by atoms with van der Waals surface area (Å²) in [5, 5.41) is 10.0. The van der Waals surface area contributed by atoms with Gasteiger partial charge in [-0.05, 0) is 36.1 Å². The third-order valence-corrected chi connectivity index (χ3v) is 3.27. The van der Waals surface area contributed by atoms with Crippen LogP contribution in [0.1, 0.15) is 17.5 Å². The topological polar surface area (TPSA) is 33.1 Å². The summed E-state index contributed by atoms with van der Waals surface area (Å²) in [6.07, 6.45) is 4.45. The first-order chi connectivity index (χ1) is 9.16. The van der Waals surface area contributed by atoms with Crippen molar-refractivity contribution < 1.29 is 9.50 Å². The number of rotatable bonds is 5. The first-order valence-electron chi connectivity index (χ1n) is 6.16. The van der Waals surface area contributed by atoms with Crippen molar-refractivity contribution in [3.63, 3.8) is 0 Å². The molecule has 2 rings (SSSR count). The van der Waals surface area contributed by atoms with Gasteiger partial charge in [-0.25, -0.2) is 4.39 Å². The monoisotopic (exact) mass is 279 g/mol. The van der Waals surface area contributed by atoms with Gasteiger partial charge in [0.15, 0.2) is 0 Å². The van der Waals surface area contributed by atoms with E-state index < -0.39 is 11.9 Å². The van der Waals surface area contributed by atoms with E-state index in [4.69, 9.17) is 11.6 Å². The van der Waals surface area contributed by atoms with Crippen molar-refractivity contribution in [2.75, 3.05) is 0 Å². The molecule has 19 heavy (non-hydrogen) atoms. The highest BCUT2D eigenvalue weighted by molar-refractivity contribution is 6.30.